The lowest BCUT2D eigenvalue weighted by Gasteiger charge is -2.25. The van der Waals surface area contributed by atoms with E-state index in [1.165, 1.54) is 0 Å². The summed E-state index contributed by atoms with van der Waals surface area (Å²) in [5, 5.41) is 11.5. The fraction of sp³-hybridized carbons (Fsp3) is 0.348. The fourth-order valence-electron chi connectivity index (χ4n) is 4.56. The number of hydrogen-bond acceptors (Lipinski definition) is 2. The number of Topliss-reactive ketones (excluding diaryl/α,β-unsaturated/α-hetero) is 1. The van der Waals surface area contributed by atoms with Crippen LogP contribution in [0.3, 0.4) is 0 Å². The molecule has 3 heteroatoms. The Labute approximate surface area is 159 Å². The Balaban J connectivity index is 1.86. The van der Waals surface area contributed by atoms with Crippen LogP contribution >= 0.6 is 11.6 Å². The van der Waals surface area contributed by atoms with Crippen LogP contribution in [-0.2, 0) is 11.2 Å². The van der Waals surface area contributed by atoms with E-state index in [1.807, 2.05) is 31.2 Å². The van der Waals surface area contributed by atoms with E-state index in [9.17, 15) is 9.90 Å². The van der Waals surface area contributed by atoms with Gasteiger partial charge in [-0.3, -0.25) is 4.79 Å². The molecule has 2 aliphatic rings. The van der Waals surface area contributed by atoms with Gasteiger partial charge in [-0.2, -0.15) is 0 Å². The van der Waals surface area contributed by atoms with Gasteiger partial charge < -0.3 is 5.11 Å². The molecule has 1 N–H and O–H groups in total. The predicted octanol–water partition coefficient (Wildman–Crippen LogP) is 6.15. The Kier molecular flexibility index (Phi) is 4.40. The lowest BCUT2D eigenvalue weighted by molar-refractivity contribution is -0.117. The maximum Gasteiger partial charge on any atom is 0.169 e. The second-order valence-electron chi connectivity index (χ2n) is 7.52. The number of fused-ring (bicyclic) bond motifs is 2. The van der Waals surface area contributed by atoms with Crippen LogP contribution in [-0.4, -0.2) is 10.9 Å². The molecule has 2 atom stereocenters. The zero-order valence-electron chi connectivity index (χ0n) is 15.2. The Morgan fingerprint density at radius 1 is 1.08 bits per heavy atom. The van der Waals surface area contributed by atoms with Crippen molar-refractivity contribution in [1.82, 2.24) is 0 Å². The van der Waals surface area contributed by atoms with Crippen molar-refractivity contribution in [1.29, 1.82) is 0 Å². The highest BCUT2D eigenvalue weighted by Gasteiger charge is 2.42. The number of ketones is 1. The summed E-state index contributed by atoms with van der Waals surface area (Å²) in [6.07, 6.45) is 3.46. The van der Waals surface area contributed by atoms with Gasteiger partial charge in [-0.25, -0.2) is 0 Å². The first kappa shape index (κ1) is 17.4. The first-order valence-electron chi connectivity index (χ1n) is 9.36. The van der Waals surface area contributed by atoms with Gasteiger partial charge in [0, 0.05) is 16.9 Å². The molecule has 1 fully saturated rings. The summed E-state index contributed by atoms with van der Waals surface area (Å²) in [4.78, 5) is 13.0. The molecule has 0 aromatic heterocycles. The van der Waals surface area contributed by atoms with Crippen LogP contribution in [0.25, 0.3) is 16.7 Å². The zero-order valence-corrected chi connectivity index (χ0v) is 15.9. The van der Waals surface area contributed by atoms with Crippen LogP contribution in [0, 0.1) is 18.8 Å². The van der Waals surface area contributed by atoms with Crippen molar-refractivity contribution >= 4 is 23.0 Å². The molecule has 134 valence electrons. The molecule has 0 amide bonds. The molecule has 0 unspecified atom stereocenters. The standard InChI is InChI=1S/C23H23ClO2/c1-3-14-11-18(15-6-8-19(24)9-7-15)10-13(2)20(14)21-22(25)16-4-5-17(12-16)23(21)26/h6-11,16-17,25H,3-5,12H2,1-2H3/t16-,17+/m1/s1. The number of carbonyl (C=O) groups is 1. The van der Waals surface area contributed by atoms with Gasteiger partial charge in [0.25, 0.3) is 0 Å². The van der Waals surface area contributed by atoms with E-state index in [1.54, 1.807) is 0 Å². The molecule has 2 aromatic carbocycles. The summed E-state index contributed by atoms with van der Waals surface area (Å²) < 4.78 is 0. The second kappa shape index (κ2) is 6.59. The van der Waals surface area contributed by atoms with Crippen molar-refractivity contribution in [2.75, 3.05) is 0 Å². The third kappa shape index (κ3) is 2.77. The molecular formula is C23H23ClO2. The number of benzene rings is 2. The molecule has 0 aliphatic heterocycles. The number of rotatable bonds is 3. The topological polar surface area (TPSA) is 37.3 Å². The van der Waals surface area contributed by atoms with Crippen LogP contribution in [0.15, 0.2) is 42.2 Å². The maximum absolute atomic E-state index is 13.0. The van der Waals surface area contributed by atoms with Gasteiger partial charge in [0.1, 0.15) is 5.76 Å². The summed E-state index contributed by atoms with van der Waals surface area (Å²) in [5.41, 5.74) is 5.92. The number of aliphatic hydroxyl groups is 1. The van der Waals surface area contributed by atoms with Crippen LogP contribution in [0.4, 0.5) is 0 Å². The lowest BCUT2D eigenvalue weighted by atomic mass is 9.79. The number of aryl methyl sites for hydroxylation is 2. The van der Waals surface area contributed by atoms with E-state index in [0.29, 0.717) is 11.3 Å². The van der Waals surface area contributed by atoms with Crippen molar-refractivity contribution in [2.45, 2.75) is 39.5 Å². The number of aliphatic hydroxyl groups excluding tert-OH is 1. The van der Waals surface area contributed by atoms with Crippen LogP contribution < -0.4 is 0 Å². The monoisotopic (exact) mass is 366 g/mol. The summed E-state index contributed by atoms with van der Waals surface area (Å²) >= 11 is 6.01. The fourth-order valence-corrected chi connectivity index (χ4v) is 4.69. The predicted molar refractivity (Wildman–Crippen MR) is 106 cm³/mol. The van der Waals surface area contributed by atoms with E-state index < -0.39 is 0 Å². The highest BCUT2D eigenvalue weighted by atomic mass is 35.5. The molecule has 4 rings (SSSR count). The zero-order chi connectivity index (χ0) is 18.4. The van der Waals surface area contributed by atoms with Crippen LogP contribution in [0.2, 0.25) is 5.02 Å². The normalized spacial score (nSPS) is 22.2. The molecule has 2 bridgehead atoms. The molecule has 26 heavy (non-hydrogen) atoms. The van der Waals surface area contributed by atoms with Crippen molar-refractivity contribution in [2.24, 2.45) is 11.8 Å². The average molecular weight is 367 g/mol. The van der Waals surface area contributed by atoms with Gasteiger partial charge in [0.05, 0.1) is 5.57 Å². The van der Waals surface area contributed by atoms with Gasteiger partial charge in [-0.1, -0.05) is 42.8 Å². The van der Waals surface area contributed by atoms with Gasteiger partial charge >= 0.3 is 0 Å². The Morgan fingerprint density at radius 3 is 2.46 bits per heavy atom. The first-order chi connectivity index (χ1) is 12.5. The molecule has 0 heterocycles. The molecule has 2 aliphatic carbocycles. The van der Waals surface area contributed by atoms with Crippen molar-refractivity contribution in [3.05, 3.63) is 63.9 Å². The van der Waals surface area contributed by atoms with E-state index in [0.717, 1.165) is 58.5 Å². The summed E-state index contributed by atoms with van der Waals surface area (Å²) in [7, 11) is 0. The average Bonchev–Trinajstić information content (AvgIpc) is 3.09. The largest absolute Gasteiger partial charge is 0.511 e. The van der Waals surface area contributed by atoms with Gasteiger partial charge in [-0.15, -0.1) is 0 Å². The molecular weight excluding hydrogens is 344 g/mol. The quantitative estimate of drug-likeness (QED) is 0.707. The third-order valence-corrected chi connectivity index (χ3v) is 6.17. The maximum atomic E-state index is 13.0. The Morgan fingerprint density at radius 2 is 1.77 bits per heavy atom. The summed E-state index contributed by atoms with van der Waals surface area (Å²) in [5.74, 6) is 0.702. The minimum atomic E-state index is 0.0888. The molecule has 1 saturated carbocycles. The van der Waals surface area contributed by atoms with E-state index in [4.69, 9.17) is 11.6 Å². The minimum Gasteiger partial charge on any atom is -0.511 e. The van der Waals surface area contributed by atoms with Gasteiger partial charge in [0.15, 0.2) is 5.78 Å². The molecule has 2 nitrogen and oxygen atoms in total. The Hall–Kier alpha value is -2.06. The van der Waals surface area contributed by atoms with Gasteiger partial charge in [-0.05, 0) is 72.6 Å². The summed E-state index contributed by atoms with van der Waals surface area (Å²) in [6, 6.07) is 12.1. The number of carbonyl (C=O) groups excluding carboxylic acids is 1. The van der Waals surface area contributed by atoms with Gasteiger partial charge in [0.2, 0.25) is 0 Å². The van der Waals surface area contributed by atoms with E-state index in [-0.39, 0.29) is 17.6 Å². The highest BCUT2D eigenvalue weighted by Crippen LogP contribution is 2.46. The highest BCUT2D eigenvalue weighted by molar-refractivity contribution is 6.30. The SMILES string of the molecule is CCc1cc(-c2ccc(Cl)cc2)cc(C)c1C1=C(O)[C@@H]2CC[C@@H](C2)C1=O. The molecule has 0 saturated heterocycles. The first-order valence-corrected chi connectivity index (χ1v) is 9.74. The van der Waals surface area contributed by atoms with Crippen LogP contribution in [0.1, 0.15) is 42.9 Å². The Bertz CT molecular complexity index is 909. The van der Waals surface area contributed by atoms with Crippen molar-refractivity contribution in [3.63, 3.8) is 0 Å². The van der Waals surface area contributed by atoms with Crippen molar-refractivity contribution in [3.8, 4) is 11.1 Å². The summed E-state index contributed by atoms with van der Waals surface area (Å²) in [6.45, 7) is 4.14. The molecule has 0 radical (unpaired) electrons. The number of allylic oxidation sites excluding steroid dienone is 2. The van der Waals surface area contributed by atoms with Crippen LogP contribution in [0.5, 0.6) is 0 Å². The van der Waals surface area contributed by atoms with Crippen molar-refractivity contribution < 1.29 is 9.90 Å². The van der Waals surface area contributed by atoms with E-state index >= 15 is 0 Å². The third-order valence-electron chi connectivity index (χ3n) is 5.92. The minimum absolute atomic E-state index is 0.0888. The molecule has 0 spiro atoms. The lowest BCUT2D eigenvalue weighted by Crippen LogP contribution is -2.22. The molecule has 2 aromatic rings. The number of hydrogen-bond donors (Lipinski definition) is 1. The second-order valence-corrected chi connectivity index (χ2v) is 7.96. The number of halogens is 1. The smallest absolute Gasteiger partial charge is 0.169 e. The van der Waals surface area contributed by atoms with E-state index in [2.05, 4.69) is 19.1 Å².